The summed E-state index contributed by atoms with van der Waals surface area (Å²) < 4.78 is 10.6. The van der Waals surface area contributed by atoms with Crippen molar-refractivity contribution in [3.05, 3.63) is 54.1 Å². The van der Waals surface area contributed by atoms with Crippen LogP contribution < -0.4 is 4.74 Å². The zero-order valence-corrected chi connectivity index (χ0v) is 17.4. The van der Waals surface area contributed by atoms with E-state index in [0.717, 1.165) is 24.0 Å². The van der Waals surface area contributed by atoms with E-state index in [-0.39, 0.29) is 23.9 Å². The Morgan fingerprint density at radius 1 is 0.964 bits per heavy atom. The highest BCUT2D eigenvalue weighted by atomic mass is 35.5. The first-order valence-corrected chi connectivity index (χ1v) is 10.1. The molecule has 0 amide bonds. The van der Waals surface area contributed by atoms with Crippen LogP contribution in [0.2, 0.25) is 0 Å². The number of alkyl halides is 1. The van der Waals surface area contributed by atoms with Gasteiger partial charge in [0, 0.05) is 6.42 Å². The summed E-state index contributed by atoms with van der Waals surface area (Å²) in [7, 11) is 0. The van der Waals surface area contributed by atoms with Crippen LogP contribution in [0.25, 0.3) is 11.1 Å². The molecule has 0 N–H and O–H groups in total. The van der Waals surface area contributed by atoms with Gasteiger partial charge in [-0.2, -0.15) is 0 Å². The van der Waals surface area contributed by atoms with Crippen molar-refractivity contribution in [2.45, 2.75) is 45.4 Å². The van der Waals surface area contributed by atoms with Crippen molar-refractivity contribution in [1.29, 1.82) is 0 Å². The highest BCUT2D eigenvalue weighted by Crippen LogP contribution is 2.23. The van der Waals surface area contributed by atoms with Gasteiger partial charge in [-0.05, 0) is 47.7 Å². The third-order valence-corrected chi connectivity index (χ3v) is 5.19. The number of hydrogen-bond acceptors (Lipinski definition) is 4. The van der Waals surface area contributed by atoms with Gasteiger partial charge in [-0.15, -0.1) is 11.6 Å². The highest BCUT2D eigenvalue weighted by molar-refractivity contribution is 6.21. The van der Waals surface area contributed by atoms with Crippen LogP contribution in [-0.2, 0) is 9.53 Å². The number of carbonyl (C=O) groups is 2. The normalized spacial score (nSPS) is 12.9. The molecule has 150 valence electrons. The summed E-state index contributed by atoms with van der Waals surface area (Å²) in [4.78, 5) is 23.7. The van der Waals surface area contributed by atoms with Crippen LogP contribution in [0.1, 0.15) is 50.4 Å². The van der Waals surface area contributed by atoms with E-state index in [0.29, 0.717) is 23.7 Å². The average molecular weight is 403 g/mol. The third kappa shape index (κ3) is 6.38. The molecule has 2 unspecified atom stereocenters. The molecule has 0 saturated carbocycles. The molecular weight excluding hydrogens is 376 g/mol. The van der Waals surface area contributed by atoms with Gasteiger partial charge in [0.05, 0.1) is 10.9 Å². The number of esters is 2. The zero-order valence-electron chi connectivity index (χ0n) is 16.6. The van der Waals surface area contributed by atoms with Crippen molar-refractivity contribution in [1.82, 2.24) is 0 Å². The molecular formula is C23H27ClO4. The summed E-state index contributed by atoms with van der Waals surface area (Å²) >= 11 is 6.22. The second kappa shape index (κ2) is 10.9. The molecule has 2 rings (SSSR count). The van der Waals surface area contributed by atoms with Gasteiger partial charge in [0.25, 0.3) is 0 Å². The van der Waals surface area contributed by atoms with Gasteiger partial charge in [0.1, 0.15) is 12.4 Å². The Hall–Kier alpha value is -2.33. The quantitative estimate of drug-likeness (QED) is 0.299. The Labute approximate surface area is 171 Å². The van der Waals surface area contributed by atoms with Gasteiger partial charge in [-0.1, -0.05) is 51.5 Å². The number of carbonyl (C=O) groups excluding carboxylic acids is 2. The largest absolute Gasteiger partial charge is 0.461 e. The fourth-order valence-electron chi connectivity index (χ4n) is 2.56. The average Bonchev–Trinajstić information content (AvgIpc) is 2.72. The maximum Gasteiger partial charge on any atom is 0.338 e. The van der Waals surface area contributed by atoms with E-state index in [2.05, 4.69) is 6.92 Å². The van der Waals surface area contributed by atoms with Gasteiger partial charge in [0.2, 0.25) is 0 Å². The molecule has 0 aliphatic heterocycles. The van der Waals surface area contributed by atoms with E-state index in [1.807, 2.05) is 38.1 Å². The van der Waals surface area contributed by atoms with Gasteiger partial charge >= 0.3 is 11.9 Å². The number of ether oxygens (including phenoxy) is 2. The van der Waals surface area contributed by atoms with Crippen molar-refractivity contribution < 1.29 is 19.1 Å². The third-order valence-electron chi connectivity index (χ3n) is 4.63. The summed E-state index contributed by atoms with van der Waals surface area (Å²) in [5.74, 6) is 0.213. The highest BCUT2D eigenvalue weighted by Gasteiger charge is 2.16. The molecule has 4 nitrogen and oxygen atoms in total. The molecule has 2 aromatic rings. The number of rotatable bonds is 9. The molecule has 0 spiro atoms. The summed E-state index contributed by atoms with van der Waals surface area (Å²) in [6.07, 6.45) is 2.10. The van der Waals surface area contributed by atoms with Gasteiger partial charge in [-0.25, -0.2) is 4.79 Å². The molecule has 2 aromatic carbocycles. The number of benzene rings is 2. The molecule has 0 saturated heterocycles. The number of hydrogen-bond donors (Lipinski definition) is 0. The van der Waals surface area contributed by atoms with E-state index in [4.69, 9.17) is 21.1 Å². The molecule has 0 bridgehead atoms. The first-order chi connectivity index (χ1) is 13.4. The van der Waals surface area contributed by atoms with Crippen molar-refractivity contribution >= 4 is 23.5 Å². The lowest BCUT2D eigenvalue weighted by Crippen LogP contribution is -2.20. The molecule has 5 heteroatoms. The van der Waals surface area contributed by atoms with Gasteiger partial charge in [-0.3, -0.25) is 4.79 Å². The lowest BCUT2D eigenvalue weighted by atomic mass is 10.0. The fourth-order valence-corrected chi connectivity index (χ4v) is 2.80. The second-order valence-electron chi connectivity index (χ2n) is 6.83. The molecule has 28 heavy (non-hydrogen) atoms. The predicted molar refractivity (Wildman–Crippen MR) is 112 cm³/mol. The monoisotopic (exact) mass is 402 g/mol. The lowest BCUT2D eigenvalue weighted by Gasteiger charge is -2.16. The minimum Gasteiger partial charge on any atom is -0.461 e. The molecule has 0 aliphatic carbocycles. The van der Waals surface area contributed by atoms with E-state index in [1.54, 1.807) is 24.3 Å². The van der Waals surface area contributed by atoms with Gasteiger partial charge < -0.3 is 9.47 Å². The van der Waals surface area contributed by atoms with Crippen molar-refractivity contribution in [3.8, 4) is 16.9 Å². The van der Waals surface area contributed by atoms with Crippen LogP contribution in [0, 0.1) is 5.92 Å². The Morgan fingerprint density at radius 2 is 1.54 bits per heavy atom. The SMILES string of the molecule is CCCC(=O)Oc1ccc(-c2ccc(C(=O)OCC(Cl)C(C)CC)cc2)cc1. The van der Waals surface area contributed by atoms with E-state index in [9.17, 15) is 9.59 Å². The molecule has 2 atom stereocenters. The van der Waals surface area contributed by atoms with Crippen LogP contribution >= 0.6 is 11.6 Å². The summed E-state index contributed by atoms with van der Waals surface area (Å²) in [6.45, 7) is 6.23. The van der Waals surface area contributed by atoms with Gasteiger partial charge in [0.15, 0.2) is 0 Å². The summed E-state index contributed by atoms with van der Waals surface area (Å²) in [6, 6.07) is 14.5. The summed E-state index contributed by atoms with van der Waals surface area (Å²) in [5.41, 5.74) is 2.41. The minimum atomic E-state index is -0.376. The first-order valence-electron chi connectivity index (χ1n) is 9.67. The van der Waals surface area contributed by atoms with Crippen molar-refractivity contribution in [2.24, 2.45) is 5.92 Å². The Bertz CT molecular complexity index is 768. The van der Waals surface area contributed by atoms with E-state index >= 15 is 0 Å². The van der Waals surface area contributed by atoms with Crippen LogP contribution in [0.3, 0.4) is 0 Å². The van der Waals surface area contributed by atoms with E-state index < -0.39 is 0 Å². The molecule has 0 radical (unpaired) electrons. The predicted octanol–water partition coefficient (Wildman–Crippen LogP) is 5.87. The smallest absolute Gasteiger partial charge is 0.338 e. The Kier molecular flexibility index (Phi) is 8.52. The minimum absolute atomic E-state index is 0.182. The molecule has 0 heterocycles. The summed E-state index contributed by atoms with van der Waals surface area (Å²) in [5, 5.41) is -0.182. The van der Waals surface area contributed by atoms with E-state index in [1.165, 1.54) is 0 Å². The zero-order chi connectivity index (χ0) is 20.5. The Balaban J connectivity index is 1.96. The Morgan fingerprint density at radius 3 is 2.07 bits per heavy atom. The van der Waals surface area contributed by atoms with Crippen LogP contribution in [-0.4, -0.2) is 23.9 Å². The standard InChI is InChI=1S/C23H27ClO4/c1-4-6-22(25)28-20-13-11-18(12-14-20)17-7-9-19(10-8-17)23(26)27-15-21(24)16(3)5-2/h7-14,16,21H,4-6,15H2,1-3H3. The van der Waals surface area contributed by atoms with Crippen LogP contribution in [0.15, 0.2) is 48.5 Å². The fraction of sp³-hybridized carbons (Fsp3) is 0.391. The van der Waals surface area contributed by atoms with Crippen molar-refractivity contribution in [3.63, 3.8) is 0 Å². The first kappa shape index (κ1) is 22.0. The molecule has 0 aliphatic rings. The molecule has 0 fully saturated rings. The van der Waals surface area contributed by atoms with Crippen LogP contribution in [0.4, 0.5) is 0 Å². The maximum atomic E-state index is 12.2. The lowest BCUT2D eigenvalue weighted by molar-refractivity contribution is -0.134. The van der Waals surface area contributed by atoms with Crippen molar-refractivity contribution in [2.75, 3.05) is 6.61 Å². The second-order valence-corrected chi connectivity index (χ2v) is 7.39. The number of halogens is 1. The topological polar surface area (TPSA) is 52.6 Å². The van der Waals surface area contributed by atoms with Crippen LogP contribution in [0.5, 0.6) is 5.75 Å². The maximum absolute atomic E-state index is 12.2. The molecule has 0 aromatic heterocycles.